The molecule has 60 heavy (non-hydrogen) atoms. The number of amides is 1. The van der Waals surface area contributed by atoms with Crippen molar-refractivity contribution in [3.63, 3.8) is 0 Å². The Kier molecular flexibility index (Phi) is 49.1. The number of esters is 1. The summed E-state index contributed by atoms with van der Waals surface area (Å²) in [6.45, 7) is 4.93. The predicted octanol–water partition coefficient (Wildman–Crippen LogP) is 16.1. The van der Waals surface area contributed by atoms with Crippen LogP contribution in [0, 0.1) is 0 Å². The second-order valence-electron chi connectivity index (χ2n) is 18.6. The fourth-order valence-corrected chi connectivity index (χ4v) is 8.40. The first-order chi connectivity index (χ1) is 29.5. The molecule has 0 aliphatic carbocycles. The number of nitrogens with one attached hydrogen (secondary N) is 1. The highest BCUT2D eigenvalue weighted by atomic mass is 16.5. The van der Waals surface area contributed by atoms with Crippen molar-refractivity contribution in [2.75, 3.05) is 13.2 Å². The molecule has 3 N–H and O–H groups in total. The second-order valence-corrected chi connectivity index (χ2v) is 18.6. The Morgan fingerprint density at radius 1 is 0.450 bits per heavy atom. The van der Waals surface area contributed by atoms with Crippen molar-refractivity contribution in [1.29, 1.82) is 0 Å². The lowest BCUT2D eigenvalue weighted by molar-refractivity contribution is -0.143. The van der Waals surface area contributed by atoms with Gasteiger partial charge in [-0.2, -0.15) is 0 Å². The third kappa shape index (κ3) is 46.1. The number of carbonyl (C=O) groups is 2. The van der Waals surface area contributed by atoms with Gasteiger partial charge < -0.3 is 20.3 Å². The molecule has 0 radical (unpaired) electrons. The van der Waals surface area contributed by atoms with Crippen molar-refractivity contribution in [2.24, 2.45) is 0 Å². The van der Waals surface area contributed by atoms with Crippen LogP contribution >= 0.6 is 0 Å². The first kappa shape index (κ1) is 58.6. The molecular weight excluding hydrogens is 743 g/mol. The number of hydrogen-bond acceptors (Lipinski definition) is 5. The summed E-state index contributed by atoms with van der Waals surface area (Å²) in [7, 11) is 0. The zero-order chi connectivity index (χ0) is 43.7. The van der Waals surface area contributed by atoms with Crippen LogP contribution in [0.5, 0.6) is 0 Å². The molecule has 1 amide bonds. The van der Waals surface area contributed by atoms with E-state index in [9.17, 15) is 19.8 Å². The van der Waals surface area contributed by atoms with Gasteiger partial charge in [0.15, 0.2) is 0 Å². The van der Waals surface area contributed by atoms with E-state index in [2.05, 4.69) is 31.3 Å². The molecule has 6 heteroatoms. The quantitative estimate of drug-likeness (QED) is 0.0322. The molecule has 0 bridgehead atoms. The summed E-state index contributed by atoms with van der Waals surface area (Å²) < 4.78 is 5.46. The van der Waals surface area contributed by atoms with Crippen molar-refractivity contribution in [3.05, 3.63) is 12.2 Å². The molecule has 0 aliphatic heterocycles. The minimum Gasteiger partial charge on any atom is -0.466 e. The minimum atomic E-state index is -0.670. The number of allylic oxidation sites excluding steroid dienone is 2. The summed E-state index contributed by atoms with van der Waals surface area (Å²) in [6, 6.07) is -0.548. The van der Waals surface area contributed by atoms with Gasteiger partial charge >= 0.3 is 5.97 Å². The molecule has 0 heterocycles. The predicted molar refractivity (Wildman–Crippen MR) is 260 cm³/mol. The number of carbonyl (C=O) groups excluding carboxylic acids is 2. The van der Waals surface area contributed by atoms with Crippen molar-refractivity contribution in [3.8, 4) is 0 Å². The van der Waals surface area contributed by atoms with Crippen molar-refractivity contribution >= 4 is 11.9 Å². The minimum absolute atomic E-state index is 0.0103. The molecule has 356 valence electrons. The first-order valence-corrected chi connectivity index (χ1v) is 26.9. The first-order valence-electron chi connectivity index (χ1n) is 26.9. The van der Waals surface area contributed by atoms with Crippen LogP contribution in [0.25, 0.3) is 0 Å². The molecule has 0 aromatic rings. The molecule has 0 aromatic heterocycles. The zero-order valence-corrected chi connectivity index (χ0v) is 40.5. The van der Waals surface area contributed by atoms with E-state index in [1.54, 1.807) is 0 Å². The van der Waals surface area contributed by atoms with E-state index in [0.717, 1.165) is 51.4 Å². The van der Waals surface area contributed by atoms with Gasteiger partial charge in [-0.05, 0) is 51.4 Å². The van der Waals surface area contributed by atoms with E-state index in [4.69, 9.17) is 4.74 Å². The Bertz CT molecular complexity index is 893. The van der Waals surface area contributed by atoms with Gasteiger partial charge in [0.1, 0.15) is 0 Å². The van der Waals surface area contributed by atoms with Crippen LogP contribution in [0.4, 0.5) is 0 Å². The summed E-state index contributed by atoms with van der Waals surface area (Å²) in [4.78, 5) is 24.5. The van der Waals surface area contributed by atoms with Gasteiger partial charge in [-0.15, -0.1) is 0 Å². The summed E-state index contributed by atoms with van der Waals surface area (Å²) in [5.41, 5.74) is 0. The number of unbranched alkanes of at least 4 members (excludes halogenated alkanes) is 37. The molecule has 6 nitrogen and oxygen atoms in total. The largest absolute Gasteiger partial charge is 0.466 e. The Labute approximate surface area is 374 Å². The number of ether oxygens (including phenoxy) is 1. The van der Waals surface area contributed by atoms with Gasteiger partial charge in [-0.3, -0.25) is 9.59 Å². The lowest BCUT2D eigenvalue weighted by Gasteiger charge is -2.22. The van der Waals surface area contributed by atoms with E-state index in [1.165, 1.54) is 212 Å². The lowest BCUT2D eigenvalue weighted by Crippen LogP contribution is -2.45. The Morgan fingerprint density at radius 2 is 0.783 bits per heavy atom. The standard InChI is InChI=1S/C54H105NO5/c1-3-5-7-9-11-13-15-17-19-22-26-30-34-38-42-46-52(57)51(50-56)55-53(58)47-43-39-35-31-27-23-20-21-25-29-33-37-41-45-49-60-54(59)48-44-40-36-32-28-24-18-16-14-12-10-8-6-4-2/h16,18,51-52,56-57H,3-15,17,19-50H2,1-2H3,(H,55,58)/b18-16-. The maximum Gasteiger partial charge on any atom is 0.305 e. The van der Waals surface area contributed by atoms with E-state index in [0.29, 0.717) is 25.9 Å². The van der Waals surface area contributed by atoms with E-state index < -0.39 is 12.1 Å². The summed E-state index contributed by atoms with van der Waals surface area (Å²) in [5, 5.41) is 23.2. The molecule has 0 spiro atoms. The number of aliphatic hydroxyl groups excluding tert-OH is 2. The summed E-state index contributed by atoms with van der Waals surface area (Å²) in [6.07, 6.45) is 57.5. The van der Waals surface area contributed by atoms with Crippen LogP contribution < -0.4 is 5.32 Å². The highest BCUT2D eigenvalue weighted by Crippen LogP contribution is 2.17. The number of hydrogen-bond donors (Lipinski definition) is 3. The summed E-state index contributed by atoms with van der Waals surface area (Å²) in [5.74, 6) is -0.0546. The highest BCUT2D eigenvalue weighted by Gasteiger charge is 2.20. The second kappa shape index (κ2) is 50.2. The summed E-state index contributed by atoms with van der Waals surface area (Å²) >= 11 is 0. The topological polar surface area (TPSA) is 95.9 Å². The maximum absolute atomic E-state index is 12.5. The van der Waals surface area contributed by atoms with E-state index >= 15 is 0 Å². The van der Waals surface area contributed by atoms with Gasteiger partial charge in [-0.1, -0.05) is 244 Å². The SMILES string of the molecule is CCCCCCC/C=C\CCCCCCCC(=O)OCCCCCCCCCCCCCCCCC(=O)NC(CO)C(O)CCCCCCCCCCCCCCCCC. The van der Waals surface area contributed by atoms with Crippen LogP contribution in [-0.4, -0.2) is 47.4 Å². The van der Waals surface area contributed by atoms with Crippen LogP contribution in [0.1, 0.15) is 296 Å². The molecule has 0 saturated heterocycles. The zero-order valence-electron chi connectivity index (χ0n) is 40.5. The average Bonchev–Trinajstić information content (AvgIpc) is 3.25. The fourth-order valence-electron chi connectivity index (χ4n) is 8.40. The van der Waals surface area contributed by atoms with E-state index in [-0.39, 0.29) is 18.5 Å². The normalized spacial score (nSPS) is 12.7. The highest BCUT2D eigenvalue weighted by molar-refractivity contribution is 5.76. The van der Waals surface area contributed by atoms with Gasteiger partial charge in [0, 0.05) is 12.8 Å². The molecule has 0 rings (SSSR count). The molecule has 0 aliphatic rings. The van der Waals surface area contributed by atoms with Crippen LogP contribution in [-0.2, 0) is 14.3 Å². The fraction of sp³-hybridized carbons (Fsp3) is 0.926. The Morgan fingerprint density at radius 3 is 1.18 bits per heavy atom. The molecule has 2 unspecified atom stereocenters. The molecular formula is C54H105NO5. The van der Waals surface area contributed by atoms with E-state index in [1.807, 2.05) is 0 Å². The molecule has 0 aromatic carbocycles. The maximum atomic E-state index is 12.5. The van der Waals surface area contributed by atoms with Crippen LogP contribution in [0.3, 0.4) is 0 Å². The number of aliphatic hydroxyl groups is 2. The van der Waals surface area contributed by atoms with Crippen molar-refractivity contribution in [2.45, 2.75) is 309 Å². The molecule has 2 atom stereocenters. The monoisotopic (exact) mass is 848 g/mol. The lowest BCUT2D eigenvalue weighted by atomic mass is 10.0. The van der Waals surface area contributed by atoms with Gasteiger partial charge in [0.25, 0.3) is 0 Å². The Hall–Kier alpha value is -1.40. The average molecular weight is 848 g/mol. The van der Waals surface area contributed by atoms with Crippen LogP contribution in [0.2, 0.25) is 0 Å². The Balaban J connectivity index is 3.44. The van der Waals surface area contributed by atoms with Crippen molar-refractivity contribution < 1.29 is 24.5 Å². The smallest absolute Gasteiger partial charge is 0.305 e. The number of rotatable bonds is 50. The van der Waals surface area contributed by atoms with Gasteiger partial charge in [0.2, 0.25) is 5.91 Å². The van der Waals surface area contributed by atoms with Crippen molar-refractivity contribution in [1.82, 2.24) is 5.32 Å². The van der Waals surface area contributed by atoms with Gasteiger partial charge in [-0.25, -0.2) is 0 Å². The molecule has 0 saturated carbocycles. The third-order valence-electron chi connectivity index (χ3n) is 12.6. The molecule has 0 fully saturated rings. The van der Waals surface area contributed by atoms with Crippen LogP contribution in [0.15, 0.2) is 12.2 Å². The third-order valence-corrected chi connectivity index (χ3v) is 12.6. The van der Waals surface area contributed by atoms with Gasteiger partial charge in [0.05, 0.1) is 25.4 Å².